The number of benzene rings is 1. The number of aromatic nitrogens is 2. The molecular weight excluding hydrogens is 278 g/mol. The Hall–Kier alpha value is -1.77. The fourth-order valence-electron chi connectivity index (χ4n) is 2.27. The van der Waals surface area contributed by atoms with E-state index in [0.29, 0.717) is 26.2 Å². The lowest BCUT2D eigenvalue weighted by Gasteiger charge is -2.33. The van der Waals surface area contributed by atoms with Crippen molar-refractivity contribution in [2.75, 3.05) is 31.1 Å². The SMILES string of the molecule is NS(=O)(=O)N1CCN(c2cnc3ccccc3n2)CC1. The number of hydrogen-bond acceptors (Lipinski definition) is 5. The normalized spacial score (nSPS) is 17.6. The van der Waals surface area contributed by atoms with Gasteiger partial charge in [0.25, 0.3) is 10.2 Å². The third-order valence-corrected chi connectivity index (χ3v) is 4.44. The molecule has 0 amide bonds. The summed E-state index contributed by atoms with van der Waals surface area (Å²) >= 11 is 0. The minimum absolute atomic E-state index is 0.368. The van der Waals surface area contributed by atoms with Gasteiger partial charge in [-0.2, -0.15) is 12.7 Å². The largest absolute Gasteiger partial charge is 0.353 e. The molecule has 2 heterocycles. The van der Waals surface area contributed by atoms with Gasteiger partial charge in [0.15, 0.2) is 0 Å². The number of rotatable bonds is 2. The zero-order valence-corrected chi connectivity index (χ0v) is 11.6. The lowest BCUT2D eigenvalue weighted by molar-refractivity contribution is 0.384. The van der Waals surface area contributed by atoms with Crippen LogP contribution < -0.4 is 10.0 Å². The lowest BCUT2D eigenvalue weighted by atomic mass is 10.3. The van der Waals surface area contributed by atoms with Crippen molar-refractivity contribution >= 4 is 27.1 Å². The van der Waals surface area contributed by atoms with Crippen molar-refractivity contribution in [1.29, 1.82) is 0 Å². The van der Waals surface area contributed by atoms with Crippen molar-refractivity contribution in [2.24, 2.45) is 5.14 Å². The maximum Gasteiger partial charge on any atom is 0.277 e. The molecule has 0 bridgehead atoms. The van der Waals surface area contributed by atoms with Crippen LogP contribution in [0, 0.1) is 0 Å². The van der Waals surface area contributed by atoms with Gasteiger partial charge in [0, 0.05) is 26.2 Å². The van der Waals surface area contributed by atoms with Gasteiger partial charge in [-0.3, -0.25) is 4.98 Å². The molecule has 0 aliphatic carbocycles. The first-order chi connectivity index (χ1) is 9.54. The molecule has 7 nitrogen and oxygen atoms in total. The van der Waals surface area contributed by atoms with Gasteiger partial charge in [-0.1, -0.05) is 12.1 Å². The molecule has 2 N–H and O–H groups in total. The second-order valence-corrected chi connectivity index (χ2v) is 6.19. The number of piperazine rings is 1. The minimum Gasteiger partial charge on any atom is -0.353 e. The fourth-order valence-corrected chi connectivity index (χ4v) is 2.94. The molecule has 20 heavy (non-hydrogen) atoms. The summed E-state index contributed by atoms with van der Waals surface area (Å²) in [4.78, 5) is 10.9. The zero-order chi connectivity index (χ0) is 14.2. The van der Waals surface area contributed by atoms with Gasteiger partial charge in [0.05, 0.1) is 17.2 Å². The Morgan fingerprint density at radius 2 is 1.70 bits per heavy atom. The minimum atomic E-state index is -3.60. The Morgan fingerprint density at radius 1 is 1.05 bits per heavy atom. The van der Waals surface area contributed by atoms with Gasteiger partial charge in [-0.05, 0) is 12.1 Å². The molecule has 1 fully saturated rings. The van der Waals surface area contributed by atoms with Crippen LogP contribution in [0.5, 0.6) is 0 Å². The van der Waals surface area contributed by atoms with E-state index in [0.717, 1.165) is 16.9 Å². The van der Waals surface area contributed by atoms with Gasteiger partial charge < -0.3 is 4.90 Å². The van der Waals surface area contributed by atoms with Crippen LogP contribution in [-0.2, 0) is 10.2 Å². The molecule has 0 spiro atoms. The van der Waals surface area contributed by atoms with Crippen molar-refractivity contribution in [3.63, 3.8) is 0 Å². The lowest BCUT2D eigenvalue weighted by Crippen LogP contribution is -2.50. The van der Waals surface area contributed by atoms with Crippen molar-refractivity contribution in [3.8, 4) is 0 Å². The summed E-state index contributed by atoms with van der Waals surface area (Å²) in [5.74, 6) is 0.762. The van der Waals surface area contributed by atoms with Gasteiger partial charge in [-0.25, -0.2) is 10.1 Å². The van der Waals surface area contributed by atoms with Gasteiger partial charge in [0.2, 0.25) is 0 Å². The first-order valence-corrected chi connectivity index (χ1v) is 7.79. The topological polar surface area (TPSA) is 92.4 Å². The molecular formula is C12H15N5O2S. The molecule has 1 aliphatic rings. The van der Waals surface area contributed by atoms with E-state index in [1.165, 1.54) is 4.31 Å². The summed E-state index contributed by atoms with van der Waals surface area (Å²) < 4.78 is 23.8. The molecule has 0 unspecified atom stereocenters. The van der Waals surface area contributed by atoms with Crippen LogP contribution in [0.2, 0.25) is 0 Å². The average molecular weight is 293 g/mol. The summed E-state index contributed by atoms with van der Waals surface area (Å²) in [6.07, 6.45) is 1.72. The van der Waals surface area contributed by atoms with Gasteiger partial charge in [0.1, 0.15) is 5.82 Å². The molecule has 1 saturated heterocycles. The Labute approximate surface area is 117 Å². The van der Waals surface area contributed by atoms with Crippen LogP contribution in [0.15, 0.2) is 30.5 Å². The van der Waals surface area contributed by atoms with Crippen LogP contribution in [0.4, 0.5) is 5.82 Å². The van der Waals surface area contributed by atoms with Crippen molar-refractivity contribution in [3.05, 3.63) is 30.5 Å². The molecule has 0 atom stereocenters. The summed E-state index contributed by atoms with van der Waals surface area (Å²) in [6, 6.07) is 7.65. The first-order valence-electron chi connectivity index (χ1n) is 6.29. The fraction of sp³-hybridized carbons (Fsp3) is 0.333. The van der Waals surface area contributed by atoms with Gasteiger partial charge >= 0.3 is 0 Å². The maximum atomic E-state index is 11.3. The second-order valence-electron chi connectivity index (χ2n) is 4.65. The Morgan fingerprint density at radius 3 is 2.35 bits per heavy atom. The zero-order valence-electron chi connectivity index (χ0n) is 10.8. The first kappa shape index (κ1) is 13.2. The summed E-state index contributed by atoms with van der Waals surface area (Å²) in [7, 11) is -3.60. The van der Waals surface area contributed by atoms with E-state index in [1.54, 1.807) is 6.20 Å². The van der Waals surface area contributed by atoms with Crippen LogP contribution in [0.3, 0.4) is 0 Å². The van der Waals surface area contributed by atoms with E-state index in [1.807, 2.05) is 29.2 Å². The number of nitrogens with zero attached hydrogens (tertiary/aromatic N) is 4. The predicted molar refractivity (Wildman–Crippen MR) is 76.4 cm³/mol. The van der Waals surface area contributed by atoms with E-state index in [-0.39, 0.29) is 0 Å². The third kappa shape index (κ3) is 2.58. The molecule has 3 rings (SSSR count). The van der Waals surface area contributed by atoms with Crippen molar-refractivity contribution in [1.82, 2.24) is 14.3 Å². The van der Waals surface area contributed by atoms with E-state index in [2.05, 4.69) is 9.97 Å². The molecule has 1 aromatic carbocycles. The van der Waals surface area contributed by atoms with Crippen molar-refractivity contribution in [2.45, 2.75) is 0 Å². The van der Waals surface area contributed by atoms with Crippen LogP contribution in [0.1, 0.15) is 0 Å². The van der Waals surface area contributed by atoms with Crippen LogP contribution in [0.25, 0.3) is 11.0 Å². The van der Waals surface area contributed by atoms with E-state index in [9.17, 15) is 8.42 Å². The van der Waals surface area contributed by atoms with Crippen LogP contribution in [-0.4, -0.2) is 48.9 Å². The number of fused-ring (bicyclic) bond motifs is 1. The summed E-state index contributed by atoms with van der Waals surface area (Å²) in [5, 5.41) is 5.12. The molecule has 8 heteroatoms. The Kier molecular flexibility index (Phi) is 3.28. The van der Waals surface area contributed by atoms with E-state index in [4.69, 9.17) is 5.14 Å². The standard InChI is InChI=1S/C12H15N5O2S/c13-20(18,19)17-7-5-16(6-8-17)12-9-14-10-3-1-2-4-11(10)15-12/h1-4,9H,5-8H2,(H2,13,18,19). The molecule has 1 aliphatic heterocycles. The molecule has 0 saturated carbocycles. The highest BCUT2D eigenvalue weighted by Gasteiger charge is 2.24. The highest BCUT2D eigenvalue weighted by atomic mass is 32.2. The number of hydrogen-bond donors (Lipinski definition) is 1. The predicted octanol–water partition coefficient (Wildman–Crippen LogP) is -0.0447. The number of nitrogens with two attached hydrogens (primary N) is 1. The number of para-hydroxylation sites is 2. The molecule has 106 valence electrons. The van der Waals surface area contributed by atoms with Crippen LogP contribution >= 0.6 is 0 Å². The third-order valence-electron chi connectivity index (χ3n) is 3.36. The summed E-state index contributed by atoms with van der Waals surface area (Å²) in [5.41, 5.74) is 1.68. The highest BCUT2D eigenvalue weighted by Crippen LogP contribution is 2.17. The number of anilines is 1. The monoisotopic (exact) mass is 293 g/mol. The quantitative estimate of drug-likeness (QED) is 0.838. The maximum absolute atomic E-state index is 11.3. The van der Waals surface area contributed by atoms with E-state index < -0.39 is 10.2 Å². The molecule has 2 aromatic rings. The second kappa shape index (κ2) is 4.97. The van der Waals surface area contributed by atoms with Gasteiger partial charge in [-0.15, -0.1) is 0 Å². The Balaban J connectivity index is 1.80. The van der Waals surface area contributed by atoms with Crippen molar-refractivity contribution < 1.29 is 8.42 Å². The molecule has 0 radical (unpaired) electrons. The van der Waals surface area contributed by atoms with E-state index >= 15 is 0 Å². The summed E-state index contributed by atoms with van der Waals surface area (Å²) in [6.45, 7) is 1.85. The Bertz CT molecular complexity index is 725. The average Bonchev–Trinajstić information content (AvgIpc) is 2.46. The highest BCUT2D eigenvalue weighted by molar-refractivity contribution is 7.86. The smallest absolute Gasteiger partial charge is 0.277 e. The molecule has 1 aromatic heterocycles.